The summed E-state index contributed by atoms with van der Waals surface area (Å²) in [5.74, 6) is -0.310. The Kier molecular flexibility index (Phi) is 6.24. The Bertz CT molecular complexity index is 409. The van der Waals surface area contributed by atoms with Gasteiger partial charge in [0.1, 0.15) is 5.82 Å². The summed E-state index contributed by atoms with van der Waals surface area (Å²) in [6.07, 6.45) is 2.46. The minimum Gasteiger partial charge on any atom is -0.379 e. The van der Waals surface area contributed by atoms with Crippen LogP contribution in [0.25, 0.3) is 0 Å². The average molecular weight is 288 g/mol. The van der Waals surface area contributed by atoms with E-state index in [1.165, 1.54) is 0 Å². The van der Waals surface area contributed by atoms with Crippen LogP contribution in [0.5, 0.6) is 0 Å². The standard InChI is InChI=1S/C15H23ClFNO/c1-15(2,19-4)9-8-12(18-3)10-11-6-5-7-13(16)14(11)17/h5-7,12,18H,8-10H2,1-4H3. The Morgan fingerprint density at radius 2 is 2.11 bits per heavy atom. The molecule has 0 saturated carbocycles. The first-order valence-electron chi connectivity index (χ1n) is 6.55. The molecule has 1 aromatic rings. The van der Waals surface area contributed by atoms with Gasteiger partial charge in [0.2, 0.25) is 0 Å². The zero-order valence-electron chi connectivity index (χ0n) is 12.1. The van der Waals surface area contributed by atoms with Gasteiger partial charge in [-0.05, 0) is 51.8 Å². The molecule has 0 bridgehead atoms. The van der Waals surface area contributed by atoms with Gasteiger partial charge in [-0.25, -0.2) is 4.39 Å². The molecule has 0 aliphatic heterocycles. The summed E-state index contributed by atoms with van der Waals surface area (Å²) >= 11 is 5.80. The third kappa shape index (κ3) is 5.09. The minimum atomic E-state index is -0.310. The molecule has 0 fully saturated rings. The Morgan fingerprint density at radius 3 is 2.68 bits per heavy atom. The van der Waals surface area contributed by atoms with Crippen molar-refractivity contribution in [2.24, 2.45) is 0 Å². The lowest BCUT2D eigenvalue weighted by Gasteiger charge is -2.26. The number of methoxy groups -OCH3 is 1. The topological polar surface area (TPSA) is 21.3 Å². The van der Waals surface area contributed by atoms with Crippen molar-refractivity contribution in [3.63, 3.8) is 0 Å². The van der Waals surface area contributed by atoms with Gasteiger partial charge < -0.3 is 10.1 Å². The van der Waals surface area contributed by atoms with Crippen LogP contribution in [0.2, 0.25) is 5.02 Å². The predicted molar refractivity (Wildman–Crippen MR) is 78.3 cm³/mol. The van der Waals surface area contributed by atoms with Crippen LogP contribution in [0.3, 0.4) is 0 Å². The van der Waals surface area contributed by atoms with Crippen molar-refractivity contribution in [1.29, 1.82) is 0 Å². The van der Waals surface area contributed by atoms with Gasteiger partial charge in [-0.2, -0.15) is 0 Å². The van der Waals surface area contributed by atoms with Crippen molar-refractivity contribution >= 4 is 11.6 Å². The number of likely N-dealkylation sites (N-methyl/N-ethyl adjacent to an activating group) is 1. The first-order chi connectivity index (χ1) is 8.89. The number of nitrogens with one attached hydrogen (secondary N) is 1. The molecule has 0 saturated heterocycles. The molecule has 1 N–H and O–H groups in total. The zero-order valence-corrected chi connectivity index (χ0v) is 12.9. The van der Waals surface area contributed by atoms with Gasteiger partial charge in [0, 0.05) is 13.2 Å². The quantitative estimate of drug-likeness (QED) is 0.823. The molecule has 0 amide bonds. The summed E-state index contributed by atoms with van der Waals surface area (Å²) in [5, 5.41) is 3.41. The summed E-state index contributed by atoms with van der Waals surface area (Å²) in [6, 6.07) is 5.35. The molecule has 0 radical (unpaired) electrons. The molecule has 2 nitrogen and oxygen atoms in total. The molecule has 0 heterocycles. The van der Waals surface area contributed by atoms with Crippen LogP contribution in [0.4, 0.5) is 4.39 Å². The van der Waals surface area contributed by atoms with E-state index in [0.29, 0.717) is 12.0 Å². The number of benzene rings is 1. The van der Waals surface area contributed by atoms with E-state index in [2.05, 4.69) is 19.2 Å². The minimum absolute atomic E-state index is 0.151. The highest BCUT2D eigenvalue weighted by atomic mass is 35.5. The van der Waals surface area contributed by atoms with Crippen molar-refractivity contribution in [2.75, 3.05) is 14.2 Å². The number of hydrogen-bond acceptors (Lipinski definition) is 2. The number of halogens is 2. The first-order valence-corrected chi connectivity index (χ1v) is 6.92. The molecule has 1 aromatic carbocycles. The van der Waals surface area contributed by atoms with Crippen molar-refractivity contribution in [3.05, 3.63) is 34.6 Å². The van der Waals surface area contributed by atoms with Crippen LogP contribution < -0.4 is 5.32 Å². The molecule has 0 spiro atoms. The normalized spacial score (nSPS) is 13.6. The van der Waals surface area contributed by atoms with E-state index in [4.69, 9.17) is 16.3 Å². The first kappa shape index (κ1) is 16.4. The van der Waals surface area contributed by atoms with E-state index >= 15 is 0 Å². The van der Waals surface area contributed by atoms with E-state index in [0.717, 1.165) is 12.8 Å². The highest BCUT2D eigenvalue weighted by Gasteiger charge is 2.19. The predicted octanol–water partition coefficient (Wildman–Crippen LogP) is 3.81. The zero-order chi connectivity index (χ0) is 14.5. The van der Waals surface area contributed by atoms with Gasteiger partial charge in [-0.1, -0.05) is 23.7 Å². The number of ether oxygens (including phenoxy) is 1. The maximum absolute atomic E-state index is 13.9. The Labute approximate surface area is 120 Å². The fourth-order valence-corrected chi connectivity index (χ4v) is 2.14. The molecule has 1 rings (SSSR count). The van der Waals surface area contributed by atoms with Crippen LogP contribution in [-0.2, 0) is 11.2 Å². The lowest BCUT2D eigenvalue weighted by molar-refractivity contribution is 0.0119. The van der Waals surface area contributed by atoms with Crippen molar-refractivity contribution in [1.82, 2.24) is 5.32 Å². The van der Waals surface area contributed by atoms with Crippen LogP contribution in [0.15, 0.2) is 18.2 Å². The second-order valence-electron chi connectivity index (χ2n) is 5.41. The van der Waals surface area contributed by atoms with Gasteiger partial charge >= 0.3 is 0 Å². The average Bonchev–Trinajstić information content (AvgIpc) is 2.39. The highest BCUT2D eigenvalue weighted by Crippen LogP contribution is 2.22. The highest BCUT2D eigenvalue weighted by molar-refractivity contribution is 6.30. The van der Waals surface area contributed by atoms with E-state index in [9.17, 15) is 4.39 Å². The van der Waals surface area contributed by atoms with Crippen LogP contribution in [0, 0.1) is 5.82 Å². The fourth-order valence-electron chi connectivity index (χ4n) is 1.94. The van der Waals surface area contributed by atoms with Crippen LogP contribution >= 0.6 is 11.6 Å². The van der Waals surface area contributed by atoms with Gasteiger partial charge in [-0.3, -0.25) is 0 Å². The Hall–Kier alpha value is -0.640. The van der Waals surface area contributed by atoms with Crippen molar-refractivity contribution < 1.29 is 9.13 Å². The van der Waals surface area contributed by atoms with E-state index in [1.54, 1.807) is 25.3 Å². The molecular formula is C15H23ClFNO. The lowest BCUT2D eigenvalue weighted by atomic mass is 9.95. The van der Waals surface area contributed by atoms with Gasteiger partial charge in [0.15, 0.2) is 0 Å². The van der Waals surface area contributed by atoms with Gasteiger partial charge in [-0.15, -0.1) is 0 Å². The summed E-state index contributed by atoms with van der Waals surface area (Å²) < 4.78 is 19.3. The SMILES string of the molecule is CNC(CCC(C)(C)OC)Cc1cccc(Cl)c1F. The number of rotatable bonds is 7. The van der Waals surface area contributed by atoms with Crippen LogP contribution in [0.1, 0.15) is 32.3 Å². The summed E-state index contributed by atoms with van der Waals surface area (Å²) in [5.41, 5.74) is 0.504. The van der Waals surface area contributed by atoms with Crippen molar-refractivity contribution in [3.8, 4) is 0 Å². The molecule has 0 aliphatic carbocycles. The molecule has 1 unspecified atom stereocenters. The van der Waals surface area contributed by atoms with Gasteiger partial charge in [0.25, 0.3) is 0 Å². The van der Waals surface area contributed by atoms with E-state index in [1.807, 2.05) is 7.05 Å². The molecular weight excluding hydrogens is 265 g/mol. The maximum Gasteiger partial charge on any atom is 0.145 e. The smallest absolute Gasteiger partial charge is 0.145 e. The Balaban J connectivity index is 2.64. The number of hydrogen-bond donors (Lipinski definition) is 1. The third-order valence-corrected chi connectivity index (χ3v) is 3.85. The molecule has 1 atom stereocenters. The molecule has 19 heavy (non-hydrogen) atoms. The second-order valence-corrected chi connectivity index (χ2v) is 5.81. The Morgan fingerprint density at radius 1 is 1.42 bits per heavy atom. The summed E-state index contributed by atoms with van der Waals surface area (Å²) in [4.78, 5) is 0. The largest absolute Gasteiger partial charge is 0.379 e. The summed E-state index contributed by atoms with van der Waals surface area (Å²) in [6.45, 7) is 4.11. The monoisotopic (exact) mass is 287 g/mol. The van der Waals surface area contributed by atoms with Crippen LogP contribution in [-0.4, -0.2) is 25.8 Å². The molecule has 4 heteroatoms. The molecule has 0 aliphatic rings. The molecule has 0 aromatic heterocycles. The fraction of sp³-hybridized carbons (Fsp3) is 0.600. The van der Waals surface area contributed by atoms with E-state index < -0.39 is 0 Å². The maximum atomic E-state index is 13.9. The van der Waals surface area contributed by atoms with Crippen molar-refractivity contribution in [2.45, 2.75) is 44.8 Å². The second kappa shape index (κ2) is 7.22. The van der Waals surface area contributed by atoms with Gasteiger partial charge in [0.05, 0.1) is 10.6 Å². The molecule has 108 valence electrons. The lowest BCUT2D eigenvalue weighted by Crippen LogP contribution is -2.32. The summed E-state index contributed by atoms with van der Waals surface area (Å²) in [7, 11) is 3.61. The third-order valence-electron chi connectivity index (χ3n) is 3.55. The van der Waals surface area contributed by atoms with E-state index in [-0.39, 0.29) is 22.5 Å².